The molecule has 0 unspecified atom stereocenters. The molecular formula is C21H17FN2O3. The van der Waals surface area contributed by atoms with E-state index in [4.69, 9.17) is 4.42 Å². The van der Waals surface area contributed by atoms with Crippen LogP contribution in [0.15, 0.2) is 77.4 Å². The van der Waals surface area contributed by atoms with Gasteiger partial charge in [-0.15, -0.1) is 0 Å². The number of halogens is 1. The predicted octanol–water partition coefficient (Wildman–Crippen LogP) is 4.00. The fraction of sp³-hybridized carbons (Fsp3) is 0.0476. The second-order valence-electron chi connectivity index (χ2n) is 5.68. The molecule has 0 bridgehead atoms. The third-order valence-electron chi connectivity index (χ3n) is 3.73. The highest BCUT2D eigenvalue weighted by Gasteiger charge is 2.12. The summed E-state index contributed by atoms with van der Waals surface area (Å²) in [6.07, 6.45) is 4.42. The lowest BCUT2D eigenvalue weighted by atomic mass is 10.1. The molecule has 0 atom stereocenters. The second kappa shape index (κ2) is 8.62. The average molecular weight is 364 g/mol. The summed E-state index contributed by atoms with van der Waals surface area (Å²) >= 11 is 0. The van der Waals surface area contributed by atoms with Crippen molar-refractivity contribution in [3.63, 3.8) is 0 Å². The van der Waals surface area contributed by atoms with Gasteiger partial charge >= 0.3 is 0 Å². The van der Waals surface area contributed by atoms with Gasteiger partial charge in [0.1, 0.15) is 11.6 Å². The van der Waals surface area contributed by atoms with Crippen molar-refractivity contribution in [2.45, 2.75) is 6.54 Å². The van der Waals surface area contributed by atoms with Crippen LogP contribution in [0.5, 0.6) is 0 Å². The number of nitrogens with one attached hydrogen (secondary N) is 2. The van der Waals surface area contributed by atoms with Gasteiger partial charge in [0.05, 0.1) is 24.1 Å². The molecule has 2 N–H and O–H groups in total. The number of benzene rings is 2. The van der Waals surface area contributed by atoms with Crippen molar-refractivity contribution in [2.24, 2.45) is 0 Å². The van der Waals surface area contributed by atoms with Crippen LogP contribution in [0.1, 0.15) is 21.7 Å². The summed E-state index contributed by atoms with van der Waals surface area (Å²) in [5.41, 5.74) is 1.42. The number of carbonyl (C=O) groups is 2. The molecule has 0 aliphatic heterocycles. The predicted molar refractivity (Wildman–Crippen MR) is 100 cm³/mol. The minimum Gasteiger partial charge on any atom is -0.467 e. The van der Waals surface area contributed by atoms with E-state index < -0.39 is 5.91 Å². The number of rotatable bonds is 6. The van der Waals surface area contributed by atoms with Gasteiger partial charge in [-0.25, -0.2) is 4.39 Å². The summed E-state index contributed by atoms with van der Waals surface area (Å²) in [6, 6.07) is 16.0. The standard InChI is InChI=1S/C21H17FN2O3/c22-16-10-7-15(8-11-16)9-12-20(25)24-19-6-2-1-5-18(19)21(26)23-14-17-4-3-13-27-17/h1-13H,14H2,(H,23,26)(H,24,25). The van der Waals surface area contributed by atoms with Crippen molar-refractivity contribution >= 4 is 23.6 Å². The molecule has 0 aliphatic rings. The molecule has 2 aromatic carbocycles. The second-order valence-corrected chi connectivity index (χ2v) is 5.68. The Labute approximate surface area is 155 Å². The number of amides is 2. The summed E-state index contributed by atoms with van der Waals surface area (Å²) in [6.45, 7) is 0.249. The van der Waals surface area contributed by atoms with Crippen molar-refractivity contribution in [3.05, 3.63) is 95.7 Å². The number of para-hydroxylation sites is 1. The van der Waals surface area contributed by atoms with Crippen LogP contribution in [-0.2, 0) is 11.3 Å². The zero-order chi connectivity index (χ0) is 19.1. The topological polar surface area (TPSA) is 71.3 Å². The van der Waals surface area contributed by atoms with Gasteiger partial charge < -0.3 is 15.1 Å². The summed E-state index contributed by atoms with van der Waals surface area (Å²) in [5.74, 6) is -0.436. The molecule has 0 aliphatic carbocycles. The Morgan fingerprint density at radius 3 is 2.52 bits per heavy atom. The van der Waals surface area contributed by atoms with E-state index >= 15 is 0 Å². The van der Waals surface area contributed by atoms with Crippen LogP contribution in [0.3, 0.4) is 0 Å². The Balaban J connectivity index is 1.65. The van der Waals surface area contributed by atoms with Crippen molar-refractivity contribution in [1.82, 2.24) is 5.32 Å². The van der Waals surface area contributed by atoms with E-state index in [9.17, 15) is 14.0 Å². The maximum absolute atomic E-state index is 12.9. The first-order valence-corrected chi connectivity index (χ1v) is 8.26. The smallest absolute Gasteiger partial charge is 0.253 e. The average Bonchev–Trinajstić information content (AvgIpc) is 3.20. The van der Waals surface area contributed by atoms with Crippen LogP contribution in [0.25, 0.3) is 6.08 Å². The third-order valence-corrected chi connectivity index (χ3v) is 3.73. The largest absolute Gasteiger partial charge is 0.467 e. The molecule has 6 heteroatoms. The molecule has 136 valence electrons. The first-order chi connectivity index (χ1) is 13.1. The number of carbonyl (C=O) groups excluding carboxylic acids is 2. The molecule has 3 rings (SSSR count). The van der Waals surface area contributed by atoms with Crippen LogP contribution >= 0.6 is 0 Å². The molecule has 3 aromatic rings. The fourth-order valence-corrected chi connectivity index (χ4v) is 2.39. The van der Waals surface area contributed by atoms with E-state index in [0.29, 0.717) is 22.6 Å². The molecule has 2 amide bonds. The van der Waals surface area contributed by atoms with Gasteiger partial charge in [0.15, 0.2) is 0 Å². The molecule has 0 spiro atoms. The van der Waals surface area contributed by atoms with Crippen LogP contribution in [0.2, 0.25) is 0 Å². The Morgan fingerprint density at radius 1 is 1.00 bits per heavy atom. The van der Waals surface area contributed by atoms with Crippen LogP contribution in [0, 0.1) is 5.82 Å². The van der Waals surface area contributed by atoms with Crippen LogP contribution in [0.4, 0.5) is 10.1 Å². The maximum Gasteiger partial charge on any atom is 0.253 e. The Hall–Kier alpha value is -3.67. The van der Waals surface area contributed by atoms with E-state index in [-0.39, 0.29) is 18.3 Å². The molecule has 1 heterocycles. The SMILES string of the molecule is O=C(C=Cc1ccc(F)cc1)Nc1ccccc1C(=O)NCc1ccco1. The Kier molecular flexibility index (Phi) is 5.79. The summed E-state index contributed by atoms with van der Waals surface area (Å²) in [4.78, 5) is 24.5. The summed E-state index contributed by atoms with van der Waals surface area (Å²) in [5, 5.41) is 5.42. The van der Waals surface area contributed by atoms with Crippen molar-refractivity contribution in [1.29, 1.82) is 0 Å². The zero-order valence-corrected chi connectivity index (χ0v) is 14.3. The monoisotopic (exact) mass is 364 g/mol. The highest BCUT2D eigenvalue weighted by atomic mass is 19.1. The van der Waals surface area contributed by atoms with Gasteiger partial charge in [0.2, 0.25) is 5.91 Å². The fourth-order valence-electron chi connectivity index (χ4n) is 2.39. The van der Waals surface area contributed by atoms with Crippen molar-refractivity contribution < 1.29 is 18.4 Å². The molecular weight excluding hydrogens is 347 g/mol. The molecule has 0 fully saturated rings. The molecule has 0 radical (unpaired) electrons. The highest BCUT2D eigenvalue weighted by molar-refractivity contribution is 6.07. The molecule has 0 saturated heterocycles. The van der Waals surface area contributed by atoms with E-state index in [1.54, 1.807) is 54.6 Å². The number of furan rings is 1. The first-order valence-electron chi connectivity index (χ1n) is 8.26. The minimum atomic E-state index is -0.398. The molecule has 27 heavy (non-hydrogen) atoms. The van der Waals surface area contributed by atoms with Gasteiger partial charge in [-0.05, 0) is 48.0 Å². The number of hydrogen-bond acceptors (Lipinski definition) is 3. The zero-order valence-electron chi connectivity index (χ0n) is 14.3. The van der Waals surface area contributed by atoms with Crippen LogP contribution in [-0.4, -0.2) is 11.8 Å². The number of hydrogen-bond donors (Lipinski definition) is 2. The van der Waals surface area contributed by atoms with E-state index in [2.05, 4.69) is 10.6 Å². The quantitative estimate of drug-likeness (QED) is 0.650. The van der Waals surface area contributed by atoms with E-state index in [1.165, 1.54) is 24.5 Å². The summed E-state index contributed by atoms with van der Waals surface area (Å²) < 4.78 is 18.1. The van der Waals surface area contributed by atoms with Gasteiger partial charge in [-0.3, -0.25) is 9.59 Å². The lowest BCUT2D eigenvalue weighted by Gasteiger charge is -2.10. The third kappa shape index (κ3) is 5.15. The van der Waals surface area contributed by atoms with Crippen molar-refractivity contribution in [2.75, 3.05) is 5.32 Å². The summed E-state index contributed by atoms with van der Waals surface area (Å²) in [7, 11) is 0. The first kappa shape index (κ1) is 18.1. The van der Waals surface area contributed by atoms with Gasteiger partial charge in [0, 0.05) is 6.08 Å². The molecule has 5 nitrogen and oxygen atoms in total. The maximum atomic E-state index is 12.9. The minimum absolute atomic E-state index is 0.249. The number of anilines is 1. The molecule has 1 aromatic heterocycles. The van der Waals surface area contributed by atoms with Gasteiger partial charge in [-0.1, -0.05) is 24.3 Å². The van der Waals surface area contributed by atoms with Crippen molar-refractivity contribution in [3.8, 4) is 0 Å². The molecule has 0 saturated carbocycles. The van der Waals surface area contributed by atoms with Gasteiger partial charge in [-0.2, -0.15) is 0 Å². The Morgan fingerprint density at radius 2 is 1.78 bits per heavy atom. The lowest BCUT2D eigenvalue weighted by Crippen LogP contribution is -2.24. The lowest BCUT2D eigenvalue weighted by molar-refractivity contribution is -0.111. The van der Waals surface area contributed by atoms with Crippen LogP contribution < -0.4 is 10.6 Å². The Bertz CT molecular complexity index is 948. The van der Waals surface area contributed by atoms with E-state index in [0.717, 1.165) is 0 Å². The van der Waals surface area contributed by atoms with Gasteiger partial charge in [0.25, 0.3) is 5.91 Å². The van der Waals surface area contributed by atoms with E-state index in [1.807, 2.05) is 0 Å². The highest BCUT2D eigenvalue weighted by Crippen LogP contribution is 2.15. The normalized spacial score (nSPS) is 10.7.